The summed E-state index contributed by atoms with van der Waals surface area (Å²) in [4.78, 5) is 16.1. The first-order chi connectivity index (χ1) is 12.4. The van der Waals surface area contributed by atoms with Crippen molar-refractivity contribution in [2.45, 2.75) is 0 Å². The molecule has 2 aromatic carbocycles. The minimum absolute atomic E-state index is 0.0349. The van der Waals surface area contributed by atoms with Crippen molar-refractivity contribution in [3.63, 3.8) is 0 Å². The predicted molar refractivity (Wildman–Crippen MR) is 88.2 cm³/mol. The quantitative estimate of drug-likeness (QED) is 0.666. The third-order valence-corrected chi connectivity index (χ3v) is 3.42. The van der Waals surface area contributed by atoms with E-state index in [9.17, 15) is 22.4 Å². The Balaban J connectivity index is 1.81. The number of nitrogens with one attached hydrogen (secondary N) is 2. The van der Waals surface area contributed by atoms with Crippen LogP contribution in [-0.4, -0.2) is 10.9 Å². The van der Waals surface area contributed by atoms with E-state index in [4.69, 9.17) is 0 Å². The molecule has 3 aromatic rings. The number of nitrogens with zero attached hydrogens (tertiary/aromatic N) is 1. The highest BCUT2D eigenvalue weighted by Gasteiger charge is 2.14. The van der Waals surface area contributed by atoms with Crippen LogP contribution in [-0.2, 0) is 0 Å². The highest BCUT2D eigenvalue weighted by Crippen LogP contribution is 2.22. The zero-order valence-electron chi connectivity index (χ0n) is 13.1. The number of rotatable bonds is 4. The molecule has 0 aliphatic heterocycles. The van der Waals surface area contributed by atoms with Crippen LogP contribution in [0.2, 0.25) is 0 Å². The standard InChI is InChI=1S/C18H11F4N3O/c19-11-4-5-15(14(22)9-11)24-16-8-10(6-7-23-16)18(26)25-17-12(20)2-1-3-13(17)21/h1-9H,(H,23,24)(H,25,26). The molecule has 0 unspecified atom stereocenters. The average Bonchev–Trinajstić information content (AvgIpc) is 2.61. The molecular formula is C18H11F4N3O. The molecule has 0 spiro atoms. The van der Waals surface area contributed by atoms with Crippen LogP contribution in [0, 0.1) is 23.3 Å². The zero-order valence-corrected chi connectivity index (χ0v) is 13.1. The van der Waals surface area contributed by atoms with Crippen molar-refractivity contribution in [2.75, 3.05) is 10.6 Å². The van der Waals surface area contributed by atoms with Gasteiger partial charge in [-0.3, -0.25) is 4.79 Å². The van der Waals surface area contributed by atoms with Crippen LogP contribution in [0.1, 0.15) is 10.4 Å². The molecule has 8 heteroatoms. The molecule has 26 heavy (non-hydrogen) atoms. The summed E-state index contributed by atoms with van der Waals surface area (Å²) in [5.41, 5.74) is -0.585. The molecule has 0 saturated carbocycles. The average molecular weight is 361 g/mol. The van der Waals surface area contributed by atoms with Gasteiger partial charge in [-0.15, -0.1) is 0 Å². The molecule has 4 nitrogen and oxygen atoms in total. The van der Waals surface area contributed by atoms with Crippen LogP contribution >= 0.6 is 0 Å². The largest absolute Gasteiger partial charge is 0.338 e. The number of halogens is 4. The molecule has 0 aliphatic carbocycles. The lowest BCUT2D eigenvalue weighted by atomic mass is 10.2. The second-order valence-corrected chi connectivity index (χ2v) is 5.23. The maximum atomic E-state index is 13.7. The molecule has 3 rings (SSSR count). The fraction of sp³-hybridized carbons (Fsp3) is 0. The van der Waals surface area contributed by atoms with Crippen molar-refractivity contribution in [3.8, 4) is 0 Å². The Kier molecular flexibility index (Phi) is 4.83. The molecule has 0 saturated heterocycles. The first-order valence-electron chi connectivity index (χ1n) is 7.37. The van der Waals surface area contributed by atoms with Crippen molar-refractivity contribution >= 4 is 23.1 Å². The van der Waals surface area contributed by atoms with Gasteiger partial charge in [0.1, 0.15) is 34.8 Å². The highest BCUT2D eigenvalue weighted by molar-refractivity contribution is 6.04. The zero-order chi connectivity index (χ0) is 18.7. The van der Waals surface area contributed by atoms with Gasteiger partial charge in [0.2, 0.25) is 0 Å². The van der Waals surface area contributed by atoms with Crippen molar-refractivity contribution in [2.24, 2.45) is 0 Å². The Bertz CT molecular complexity index is 958. The Labute approximate surface area is 145 Å². The van der Waals surface area contributed by atoms with Gasteiger partial charge in [-0.2, -0.15) is 0 Å². The fourth-order valence-corrected chi connectivity index (χ4v) is 2.17. The molecule has 1 aromatic heterocycles. The van der Waals surface area contributed by atoms with Crippen LogP contribution in [0.15, 0.2) is 54.7 Å². The van der Waals surface area contributed by atoms with Gasteiger partial charge in [-0.05, 0) is 36.4 Å². The van der Waals surface area contributed by atoms with E-state index in [-0.39, 0.29) is 17.1 Å². The van der Waals surface area contributed by atoms with Crippen LogP contribution in [0.5, 0.6) is 0 Å². The lowest BCUT2D eigenvalue weighted by molar-refractivity contribution is 0.102. The summed E-state index contributed by atoms with van der Waals surface area (Å²) >= 11 is 0. The Morgan fingerprint density at radius 2 is 1.62 bits per heavy atom. The first-order valence-corrected chi connectivity index (χ1v) is 7.37. The van der Waals surface area contributed by atoms with Crippen molar-refractivity contribution in [3.05, 3.63) is 83.6 Å². The van der Waals surface area contributed by atoms with Crippen LogP contribution in [0.4, 0.5) is 34.8 Å². The summed E-state index contributed by atoms with van der Waals surface area (Å²) in [6.45, 7) is 0. The molecule has 0 atom stereocenters. The minimum atomic E-state index is -0.917. The molecule has 0 aliphatic rings. The second-order valence-electron chi connectivity index (χ2n) is 5.23. The molecule has 1 amide bonds. The summed E-state index contributed by atoms with van der Waals surface area (Å²) < 4.78 is 53.8. The first kappa shape index (κ1) is 17.4. The second kappa shape index (κ2) is 7.22. The van der Waals surface area contributed by atoms with E-state index in [2.05, 4.69) is 15.6 Å². The molecule has 0 radical (unpaired) electrons. The summed E-state index contributed by atoms with van der Waals surface area (Å²) in [5, 5.41) is 4.74. The van der Waals surface area contributed by atoms with Gasteiger partial charge in [0.05, 0.1) is 5.69 Å². The smallest absolute Gasteiger partial charge is 0.256 e. The van der Waals surface area contributed by atoms with E-state index in [1.807, 2.05) is 0 Å². The van der Waals surface area contributed by atoms with Gasteiger partial charge in [0, 0.05) is 17.8 Å². The Morgan fingerprint density at radius 3 is 2.31 bits per heavy atom. The van der Waals surface area contributed by atoms with Gasteiger partial charge in [0.15, 0.2) is 0 Å². The van der Waals surface area contributed by atoms with Gasteiger partial charge >= 0.3 is 0 Å². The Morgan fingerprint density at radius 1 is 0.885 bits per heavy atom. The SMILES string of the molecule is O=C(Nc1c(F)cccc1F)c1ccnc(Nc2ccc(F)cc2F)c1. The maximum Gasteiger partial charge on any atom is 0.256 e. The van der Waals surface area contributed by atoms with E-state index in [0.717, 1.165) is 18.2 Å². The Hall–Kier alpha value is -3.42. The predicted octanol–water partition coefficient (Wildman–Crippen LogP) is 4.63. The molecule has 0 bridgehead atoms. The number of anilines is 3. The van der Waals surface area contributed by atoms with Crippen LogP contribution in [0.3, 0.4) is 0 Å². The van der Waals surface area contributed by atoms with Crippen LogP contribution < -0.4 is 10.6 Å². The number of amides is 1. The van der Waals surface area contributed by atoms with Gasteiger partial charge in [-0.1, -0.05) is 6.07 Å². The summed E-state index contributed by atoms with van der Waals surface area (Å²) in [5.74, 6) is -4.09. The number of hydrogen-bond acceptors (Lipinski definition) is 3. The van der Waals surface area contributed by atoms with Gasteiger partial charge < -0.3 is 10.6 Å². The van der Waals surface area contributed by atoms with Crippen molar-refractivity contribution in [1.82, 2.24) is 4.98 Å². The topological polar surface area (TPSA) is 54.0 Å². The number of benzene rings is 2. The number of para-hydroxylation sites is 1. The summed E-state index contributed by atoms with van der Waals surface area (Å²) in [7, 11) is 0. The van der Waals surface area contributed by atoms with E-state index in [0.29, 0.717) is 6.07 Å². The number of pyridine rings is 1. The molecular weight excluding hydrogens is 350 g/mol. The number of aromatic nitrogens is 1. The minimum Gasteiger partial charge on any atom is -0.338 e. The van der Waals surface area contributed by atoms with Gasteiger partial charge in [0.25, 0.3) is 5.91 Å². The number of carbonyl (C=O) groups is 1. The summed E-state index contributed by atoms with van der Waals surface area (Å²) in [6, 6.07) is 8.70. The van der Waals surface area contributed by atoms with E-state index >= 15 is 0 Å². The van der Waals surface area contributed by atoms with Gasteiger partial charge in [-0.25, -0.2) is 22.5 Å². The number of carbonyl (C=O) groups excluding carboxylic acids is 1. The maximum absolute atomic E-state index is 13.7. The normalized spacial score (nSPS) is 10.5. The molecule has 1 heterocycles. The van der Waals surface area contributed by atoms with E-state index in [1.165, 1.54) is 30.5 Å². The monoisotopic (exact) mass is 361 g/mol. The summed E-state index contributed by atoms with van der Waals surface area (Å²) in [6.07, 6.45) is 1.26. The van der Waals surface area contributed by atoms with E-state index < -0.39 is 34.9 Å². The van der Waals surface area contributed by atoms with Crippen molar-refractivity contribution in [1.29, 1.82) is 0 Å². The third kappa shape index (κ3) is 3.80. The lowest BCUT2D eigenvalue weighted by Crippen LogP contribution is -2.14. The molecule has 0 fully saturated rings. The molecule has 2 N–H and O–H groups in total. The fourth-order valence-electron chi connectivity index (χ4n) is 2.17. The molecule has 132 valence electrons. The third-order valence-electron chi connectivity index (χ3n) is 3.42. The highest BCUT2D eigenvalue weighted by atomic mass is 19.1. The van der Waals surface area contributed by atoms with Crippen molar-refractivity contribution < 1.29 is 22.4 Å². The van der Waals surface area contributed by atoms with Crippen LogP contribution in [0.25, 0.3) is 0 Å². The lowest BCUT2D eigenvalue weighted by Gasteiger charge is -2.10. The van der Waals surface area contributed by atoms with E-state index in [1.54, 1.807) is 0 Å². The number of hydrogen-bond donors (Lipinski definition) is 2.